The Bertz CT molecular complexity index is 551. The Kier molecular flexibility index (Phi) is 4.82. The molecule has 1 aromatic carbocycles. The summed E-state index contributed by atoms with van der Waals surface area (Å²) in [5, 5.41) is 14.8. The molecular formula is C14H17BrFN3O2. The molecule has 7 heteroatoms. The Labute approximate surface area is 130 Å². The molecule has 1 aliphatic carbocycles. The predicted molar refractivity (Wildman–Crippen MR) is 80.8 cm³/mol. The number of nitrogens with zero attached hydrogens (tertiary/aromatic N) is 1. The van der Waals surface area contributed by atoms with E-state index >= 15 is 0 Å². The lowest BCUT2D eigenvalue weighted by atomic mass is 9.80. The number of carbonyl (C=O) groups is 1. The van der Waals surface area contributed by atoms with Crippen LogP contribution in [0.1, 0.15) is 42.5 Å². The van der Waals surface area contributed by atoms with Crippen LogP contribution in [0.3, 0.4) is 0 Å². The van der Waals surface area contributed by atoms with Gasteiger partial charge in [-0.25, -0.2) is 4.39 Å². The minimum Gasteiger partial charge on any atom is -0.409 e. The second-order valence-corrected chi connectivity index (χ2v) is 6.16. The van der Waals surface area contributed by atoms with Gasteiger partial charge in [0.25, 0.3) is 5.91 Å². The van der Waals surface area contributed by atoms with Gasteiger partial charge in [0, 0.05) is 10.0 Å². The molecule has 2 rings (SSSR count). The number of benzene rings is 1. The molecule has 1 aliphatic rings. The van der Waals surface area contributed by atoms with E-state index in [-0.39, 0.29) is 11.4 Å². The zero-order valence-electron chi connectivity index (χ0n) is 11.4. The molecule has 0 saturated heterocycles. The molecule has 1 aromatic rings. The van der Waals surface area contributed by atoms with Crippen LogP contribution >= 0.6 is 15.9 Å². The molecule has 21 heavy (non-hydrogen) atoms. The van der Waals surface area contributed by atoms with Gasteiger partial charge in [-0.05, 0) is 31.0 Å². The molecule has 0 spiro atoms. The summed E-state index contributed by atoms with van der Waals surface area (Å²) in [6.07, 6.45) is 4.00. The van der Waals surface area contributed by atoms with Crippen molar-refractivity contribution in [3.05, 3.63) is 34.1 Å². The van der Waals surface area contributed by atoms with Gasteiger partial charge >= 0.3 is 0 Å². The molecule has 4 N–H and O–H groups in total. The average molecular weight is 358 g/mol. The number of hydrogen-bond acceptors (Lipinski definition) is 3. The topological polar surface area (TPSA) is 87.7 Å². The summed E-state index contributed by atoms with van der Waals surface area (Å²) >= 11 is 3.15. The van der Waals surface area contributed by atoms with Gasteiger partial charge in [0.2, 0.25) is 0 Å². The van der Waals surface area contributed by atoms with Crippen molar-refractivity contribution in [3.63, 3.8) is 0 Å². The lowest BCUT2D eigenvalue weighted by Crippen LogP contribution is -2.58. The molecule has 0 bridgehead atoms. The van der Waals surface area contributed by atoms with Gasteiger partial charge in [-0.3, -0.25) is 4.79 Å². The van der Waals surface area contributed by atoms with E-state index in [1.54, 1.807) is 0 Å². The third-order valence-electron chi connectivity index (χ3n) is 3.78. The molecule has 0 aromatic heterocycles. The highest BCUT2D eigenvalue weighted by Gasteiger charge is 2.38. The van der Waals surface area contributed by atoms with Crippen LogP contribution in [0.5, 0.6) is 0 Å². The molecule has 1 amide bonds. The minimum absolute atomic E-state index is 0.00832. The molecule has 5 nitrogen and oxygen atoms in total. The van der Waals surface area contributed by atoms with Gasteiger partial charge in [0.15, 0.2) is 5.84 Å². The Morgan fingerprint density at radius 2 is 2.00 bits per heavy atom. The van der Waals surface area contributed by atoms with Crippen LogP contribution in [0.2, 0.25) is 0 Å². The van der Waals surface area contributed by atoms with Crippen molar-refractivity contribution in [1.82, 2.24) is 5.32 Å². The fourth-order valence-electron chi connectivity index (χ4n) is 2.67. The SMILES string of the molecule is N/C(=N/O)C1(NC(=O)c2cc(F)cc(Br)c2)CCCCC1. The van der Waals surface area contributed by atoms with Crippen molar-refractivity contribution in [2.45, 2.75) is 37.6 Å². The molecule has 0 aliphatic heterocycles. The Morgan fingerprint density at radius 3 is 2.57 bits per heavy atom. The van der Waals surface area contributed by atoms with Gasteiger partial charge in [0.05, 0.1) is 0 Å². The summed E-state index contributed by atoms with van der Waals surface area (Å²) in [5.41, 5.74) is 5.10. The van der Waals surface area contributed by atoms with Crippen molar-refractivity contribution >= 4 is 27.7 Å². The minimum atomic E-state index is -0.858. The van der Waals surface area contributed by atoms with E-state index in [1.165, 1.54) is 12.1 Å². The molecule has 0 radical (unpaired) electrons. The van der Waals surface area contributed by atoms with Crippen LogP contribution in [-0.2, 0) is 0 Å². The first-order chi connectivity index (χ1) is 9.97. The molecular weight excluding hydrogens is 341 g/mol. The van der Waals surface area contributed by atoms with E-state index in [2.05, 4.69) is 26.4 Å². The first-order valence-electron chi connectivity index (χ1n) is 6.73. The van der Waals surface area contributed by atoms with E-state index in [9.17, 15) is 9.18 Å². The summed E-state index contributed by atoms with van der Waals surface area (Å²) in [4.78, 5) is 12.4. The van der Waals surface area contributed by atoms with Crippen molar-refractivity contribution in [1.29, 1.82) is 0 Å². The Morgan fingerprint density at radius 1 is 1.33 bits per heavy atom. The van der Waals surface area contributed by atoms with Gasteiger partial charge < -0.3 is 16.3 Å². The average Bonchev–Trinajstić information content (AvgIpc) is 2.46. The smallest absolute Gasteiger partial charge is 0.252 e. The van der Waals surface area contributed by atoms with Crippen LogP contribution in [0.25, 0.3) is 0 Å². The molecule has 1 saturated carbocycles. The fourth-order valence-corrected chi connectivity index (χ4v) is 3.14. The largest absolute Gasteiger partial charge is 0.409 e. The van der Waals surface area contributed by atoms with E-state index in [1.807, 2.05) is 0 Å². The van der Waals surface area contributed by atoms with Crippen molar-refractivity contribution in [3.8, 4) is 0 Å². The zero-order valence-corrected chi connectivity index (χ0v) is 13.0. The van der Waals surface area contributed by atoms with Crippen molar-refractivity contribution in [2.24, 2.45) is 10.9 Å². The summed E-state index contributed by atoms with van der Waals surface area (Å²) in [6.45, 7) is 0. The first-order valence-corrected chi connectivity index (χ1v) is 7.53. The van der Waals surface area contributed by atoms with Gasteiger partial charge in [-0.15, -0.1) is 0 Å². The summed E-state index contributed by atoms with van der Waals surface area (Å²) in [5.74, 6) is -0.953. The Hall–Kier alpha value is -1.63. The maximum Gasteiger partial charge on any atom is 0.252 e. The van der Waals surface area contributed by atoms with Gasteiger partial charge in [-0.1, -0.05) is 40.3 Å². The molecule has 0 unspecified atom stereocenters. The second kappa shape index (κ2) is 6.43. The zero-order chi connectivity index (χ0) is 15.5. The summed E-state index contributed by atoms with van der Waals surface area (Å²) in [7, 11) is 0. The van der Waals surface area contributed by atoms with Crippen LogP contribution in [0.15, 0.2) is 27.8 Å². The molecule has 1 fully saturated rings. The van der Waals surface area contributed by atoms with Crippen molar-refractivity contribution < 1.29 is 14.4 Å². The first kappa shape index (κ1) is 15.8. The van der Waals surface area contributed by atoms with Gasteiger partial charge in [-0.2, -0.15) is 0 Å². The van der Waals surface area contributed by atoms with Crippen LogP contribution in [-0.4, -0.2) is 22.5 Å². The lowest BCUT2D eigenvalue weighted by Gasteiger charge is -2.36. The quantitative estimate of drug-likeness (QED) is 0.336. The molecule has 0 heterocycles. The number of rotatable bonds is 3. The standard InChI is InChI=1S/C14H17BrFN3O2/c15-10-6-9(7-11(16)8-10)12(20)18-14(13(17)19-21)4-2-1-3-5-14/h6-8,21H,1-5H2,(H2,17,19)(H,18,20). The normalized spacial score (nSPS) is 18.3. The fraction of sp³-hybridized carbons (Fsp3) is 0.429. The van der Waals surface area contributed by atoms with Gasteiger partial charge in [0.1, 0.15) is 11.4 Å². The molecule has 114 valence electrons. The van der Waals surface area contributed by atoms with E-state index in [4.69, 9.17) is 10.9 Å². The van der Waals surface area contributed by atoms with E-state index in [0.717, 1.165) is 25.3 Å². The highest BCUT2D eigenvalue weighted by Crippen LogP contribution is 2.29. The number of carbonyl (C=O) groups excluding carboxylic acids is 1. The second-order valence-electron chi connectivity index (χ2n) is 5.24. The summed E-state index contributed by atoms with van der Waals surface area (Å²) < 4.78 is 13.9. The van der Waals surface area contributed by atoms with Crippen LogP contribution in [0.4, 0.5) is 4.39 Å². The number of oxime groups is 1. The lowest BCUT2D eigenvalue weighted by molar-refractivity contribution is 0.0905. The number of amides is 1. The number of hydrogen-bond donors (Lipinski definition) is 3. The third kappa shape index (κ3) is 3.53. The van der Waals surface area contributed by atoms with E-state index in [0.29, 0.717) is 17.3 Å². The number of nitrogens with two attached hydrogens (primary N) is 1. The maximum absolute atomic E-state index is 13.4. The van der Waals surface area contributed by atoms with Crippen LogP contribution < -0.4 is 11.1 Å². The summed E-state index contributed by atoms with van der Waals surface area (Å²) in [6, 6.07) is 3.96. The third-order valence-corrected chi connectivity index (χ3v) is 4.24. The monoisotopic (exact) mass is 357 g/mol. The highest BCUT2D eigenvalue weighted by molar-refractivity contribution is 9.10. The number of amidine groups is 1. The van der Waals surface area contributed by atoms with Crippen molar-refractivity contribution in [2.75, 3.05) is 0 Å². The highest BCUT2D eigenvalue weighted by atomic mass is 79.9. The molecule has 0 atom stereocenters. The predicted octanol–water partition coefficient (Wildman–Crippen LogP) is 2.77. The number of halogens is 2. The maximum atomic E-state index is 13.4. The Balaban J connectivity index is 2.26. The van der Waals surface area contributed by atoms with E-state index < -0.39 is 17.3 Å². The van der Waals surface area contributed by atoms with Crippen LogP contribution in [0, 0.1) is 5.82 Å². The number of nitrogens with one attached hydrogen (secondary N) is 1.